The molecule has 0 aliphatic rings. The highest BCUT2D eigenvalue weighted by Gasteiger charge is 2.14. The van der Waals surface area contributed by atoms with Crippen molar-refractivity contribution in [1.82, 2.24) is 0 Å². The summed E-state index contributed by atoms with van der Waals surface area (Å²) in [5, 5.41) is 3.97. The second-order valence-corrected chi connectivity index (χ2v) is 3.83. The van der Waals surface area contributed by atoms with Crippen molar-refractivity contribution in [2.45, 2.75) is 0 Å². The molecule has 2 N–H and O–H groups in total. The van der Waals surface area contributed by atoms with E-state index in [0.29, 0.717) is 12.1 Å². The lowest BCUT2D eigenvalue weighted by molar-refractivity contribution is 0.458. The Morgan fingerprint density at radius 1 is 1.29 bits per heavy atom. The Morgan fingerprint density at radius 2 is 1.86 bits per heavy atom. The van der Waals surface area contributed by atoms with Crippen LogP contribution in [-0.4, -0.2) is 8.42 Å². The van der Waals surface area contributed by atoms with Gasteiger partial charge in [0.15, 0.2) is 11.6 Å². The molecule has 0 atom stereocenters. The fourth-order valence-corrected chi connectivity index (χ4v) is 1.22. The van der Waals surface area contributed by atoms with Gasteiger partial charge >= 0.3 is 10.3 Å². The van der Waals surface area contributed by atoms with Crippen LogP contribution in [-0.2, 0) is 10.3 Å². The molecule has 4 nitrogen and oxygen atoms in total. The summed E-state index contributed by atoms with van der Waals surface area (Å²) in [4.78, 5) is 0. The van der Waals surface area contributed by atoms with E-state index in [1.165, 1.54) is 0 Å². The summed E-state index contributed by atoms with van der Waals surface area (Å²) in [6, 6.07) is 1.07. The molecule has 0 amide bonds. The first kappa shape index (κ1) is 11.2. The Kier molecular flexibility index (Phi) is 2.93. The molecular formula is C6H4ClF2NO3S. The summed E-state index contributed by atoms with van der Waals surface area (Å²) in [5.41, 5.74) is 0. The first-order valence-corrected chi connectivity index (χ1v) is 5.01. The predicted octanol–water partition coefficient (Wildman–Crippen LogP) is 1.20. The van der Waals surface area contributed by atoms with Crippen molar-refractivity contribution in [2.75, 3.05) is 0 Å². The van der Waals surface area contributed by atoms with Gasteiger partial charge in [-0.2, -0.15) is 13.6 Å². The van der Waals surface area contributed by atoms with E-state index in [9.17, 15) is 17.2 Å². The van der Waals surface area contributed by atoms with E-state index >= 15 is 0 Å². The minimum Gasteiger partial charge on any atom is -0.368 e. The zero-order valence-corrected chi connectivity index (χ0v) is 8.07. The largest absolute Gasteiger partial charge is 0.380 e. The predicted molar refractivity (Wildman–Crippen MR) is 45.1 cm³/mol. The molecule has 0 spiro atoms. The number of hydrogen-bond acceptors (Lipinski definition) is 3. The first-order chi connectivity index (χ1) is 6.29. The van der Waals surface area contributed by atoms with E-state index in [1.807, 2.05) is 0 Å². The van der Waals surface area contributed by atoms with Crippen LogP contribution in [0.15, 0.2) is 12.1 Å². The summed E-state index contributed by atoms with van der Waals surface area (Å²) < 4.78 is 50.3. The van der Waals surface area contributed by atoms with Gasteiger partial charge < -0.3 is 4.18 Å². The van der Waals surface area contributed by atoms with Gasteiger partial charge in [-0.25, -0.2) is 8.78 Å². The maximum Gasteiger partial charge on any atom is 0.380 e. The molecular weight excluding hydrogens is 240 g/mol. The lowest BCUT2D eigenvalue weighted by Gasteiger charge is -2.04. The summed E-state index contributed by atoms with van der Waals surface area (Å²) in [7, 11) is -4.38. The number of hydrogen-bond donors (Lipinski definition) is 1. The summed E-state index contributed by atoms with van der Waals surface area (Å²) in [6.45, 7) is 0. The quantitative estimate of drug-likeness (QED) is 0.794. The topological polar surface area (TPSA) is 69.4 Å². The van der Waals surface area contributed by atoms with Crippen LogP contribution in [0.3, 0.4) is 0 Å². The Balaban J connectivity index is 3.17. The molecule has 0 radical (unpaired) electrons. The van der Waals surface area contributed by atoms with Gasteiger partial charge in [0.25, 0.3) is 0 Å². The van der Waals surface area contributed by atoms with Crippen molar-refractivity contribution in [1.29, 1.82) is 0 Å². The molecule has 1 aromatic carbocycles. The Labute approximate surface area is 83.5 Å². The van der Waals surface area contributed by atoms with Gasteiger partial charge in [-0.3, -0.25) is 0 Å². The highest BCUT2D eigenvalue weighted by atomic mass is 35.5. The molecule has 0 saturated heterocycles. The average Bonchev–Trinajstić information content (AvgIpc) is 1.97. The van der Waals surface area contributed by atoms with Crippen LogP contribution in [0.25, 0.3) is 0 Å². The van der Waals surface area contributed by atoms with Crippen molar-refractivity contribution >= 4 is 21.9 Å². The fourth-order valence-electron chi connectivity index (χ4n) is 0.693. The molecule has 78 valence electrons. The van der Waals surface area contributed by atoms with Crippen LogP contribution < -0.4 is 9.32 Å². The van der Waals surface area contributed by atoms with E-state index in [1.54, 1.807) is 0 Å². The third kappa shape index (κ3) is 2.79. The number of benzene rings is 1. The maximum atomic E-state index is 12.9. The lowest BCUT2D eigenvalue weighted by Crippen LogP contribution is -2.19. The molecule has 0 aliphatic heterocycles. The van der Waals surface area contributed by atoms with Crippen molar-refractivity contribution in [3.05, 3.63) is 28.8 Å². The minimum absolute atomic E-state index is 0.482. The van der Waals surface area contributed by atoms with E-state index in [4.69, 9.17) is 11.6 Å². The average molecular weight is 244 g/mol. The number of nitrogens with two attached hydrogens (primary N) is 1. The van der Waals surface area contributed by atoms with Gasteiger partial charge in [0, 0.05) is 6.07 Å². The Morgan fingerprint density at radius 3 is 2.36 bits per heavy atom. The molecule has 1 aromatic rings. The Hall–Kier alpha value is -0.920. The molecule has 0 aliphatic carbocycles. The fraction of sp³-hybridized carbons (Fsp3) is 0. The van der Waals surface area contributed by atoms with Crippen LogP contribution in [0.2, 0.25) is 5.02 Å². The molecule has 0 unspecified atom stereocenters. The van der Waals surface area contributed by atoms with Crippen LogP contribution in [0.5, 0.6) is 5.75 Å². The van der Waals surface area contributed by atoms with E-state index in [0.717, 1.165) is 0 Å². The van der Waals surface area contributed by atoms with Crippen LogP contribution in [0.1, 0.15) is 0 Å². The van der Waals surface area contributed by atoms with Gasteiger partial charge in [-0.15, -0.1) is 0 Å². The summed E-state index contributed by atoms with van der Waals surface area (Å²) >= 11 is 5.21. The van der Waals surface area contributed by atoms with Crippen molar-refractivity contribution in [2.24, 2.45) is 5.14 Å². The number of rotatable bonds is 2. The maximum absolute atomic E-state index is 12.9. The van der Waals surface area contributed by atoms with Crippen molar-refractivity contribution in [3.63, 3.8) is 0 Å². The van der Waals surface area contributed by atoms with Crippen LogP contribution >= 0.6 is 11.6 Å². The van der Waals surface area contributed by atoms with E-state index in [2.05, 4.69) is 9.32 Å². The zero-order chi connectivity index (χ0) is 10.9. The molecule has 0 heterocycles. The van der Waals surface area contributed by atoms with Gasteiger partial charge in [-0.1, -0.05) is 11.6 Å². The van der Waals surface area contributed by atoms with Crippen molar-refractivity contribution in [3.8, 4) is 5.75 Å². The molecule has 0 fully saturated rings. The summed E-state index contributed by atoms with van der Waals surface area (Å²) in [6.07, 6.45) is 0. The third-order valence-electron chi connectivity index (χ3n) is 1.18. The lowest BCUT2D eigenvalue weighted by atomic mass is 10.3. The minimum atomic E-state index is -4.38. The van der Waals surface area contributed by atoms with Gasteiger partial charge in [-0.05, 0) is 6.07 Å². The molecule has 1 rings (SSSR count). The molecule has 8 heteroatoms. The zero-order valence-electron chi connectivity index (χ0n) is 6.50. The molecule has 0 bridgehead atoms. The highest BCUT2D eigenvalue weighted by molar-refractivity contribution is 7.84. The van der Waals surface area contributed by atoms with Crippen molar-refractivity contribution < 1.29 is 21.4 Å². The normalized spacial score (nSPS) is 11.4. The van der Waals surface area contributed by atoms with Gasteiger partial charge in [0.1, 0.15) is 5.82 Å². The van der Waals surface area contributed by atoms with Crippen LogP contribution in [0, 0.1) is 11.6 Å². The Bertz CT molecular complexity index is 462. The smallest absolute Gasteiger partial charge is 0.368 e. The standard InChI is InChI=1S/C6H4ClF2NO3S/c7-3-1-5(9)6(2-4(3)8)13-14(10,11)12/h1-2H,(H2,10,11,12). The SMILES string of the molecule is NS(=O)(=O)Oc1cc(F)c(Cl)cc1F. The van der Waals surface area contributed by atoms with Gasteiger partial charge in [0.05, 0.1) is 5.02 Å². The summed E-state index contributed by atoms with van der Waals surface area (Å²) in [5.74, 6) is -2.97. The monoisotopic (exact) mass is 243 g/mol. The molecule has 0 aromatic heterocycles. The first-order valence-electron chi connectivity index (χ1n) is 3.16. The second-order valence-electron chi connectivity index (χ2n) is 2.27. The van der Waals surface area contributed by atoms with Crippen LogP contribution in [0.4, 0.5) is 8.78 Å². The molecule has 14 heavy (non-hydrogen) atoms. The van der Waals surface area contributed by atoms with E-state index in [-0.39, 0.29) is 0 Å². The molecule has 0 saturated carbocycles. The third-order valence-corrected chi connectivity index (χ3v) is 1.88. The van der Waals surface area contributed by atoms with Gasteiger partial charge in [0.2, 0.25) is 0 Å². The number of halogens is 3. The second kappa shape index (κ2) is 3.68. The van der Waals surface area contributed by atoms with E-state index < -0.39 is 32.7 Å². The highest BCUT2D eigenvalue weighted by Crippen LogP contribution is 2.25.